The summed E-state index contributed by atoms with van der Waals surface area (Å²) in [7, 11) is 0. The van der Waals surface area contributed by atoms with Gasteiger partial charge in [-0.25, -0.2) is 18.7 Å². The number of aryl methyl sites for hydroxylation is 2. The van der Waals surface area contributed by atoms with Gasteiger partial charge in [0.25, 0.3) is 5.92 Å². The van der Waals surface area contributed by atoms with E-state index in [1.165, 1.54) is 12.0 Å². The zero-order valence-corrected chi connectivity index (χ0v) is 19.9. The second-order valence-electron chi connectivity index (χ2n) is 10.2. The number of halogens is 2. The molecule has 0 radical (unpaired) electrons. The molecule has 6 nitrogen and oxygen atoms in total. The first-order chi connectivity index (χ1) is 17.5. The van der Waals surface area contributed by atoms with E-state index in [2.05, 4.69) is 68.1 Å². The maximum atomic E-state index is 13.7. The molecule has 36 heavy (non-hydrogen) atoms. The molecule has 4 aromatic rings. The molecule has 2 atom stereocenters. The summed E-state index contributed by atoms with van der Waals surface area (Å²) in [6.45, 7) is 0.760. The molecule has 8 heteroatoms. The van der Waals surface area contributed by atoms with Gasteiger partial charge in [-0.2, -0.15) is 0 Å². The average molecular weight is 487 g/mol. The van der Waals surface area contributed by atoms with Gasteiger partial charge in [-0.15, -0.1) is 0 Å². The quantitative estimate of drug-likeness (QED) is 0.315. The van der Waals surface area contributed by atoms with Crippen molar-refractivity contribution in [3.63, 3.8) is 0 Å². The molecule has 2 fully saturated rings. The van der Waals surface area contributed by atoms with Gasteiger partial charge >= 0.3 is 0 Å². The highest BCUT2D eigenvalue weighted by molar-refractivity contribution is 5.76. The van der Waals surface area contributed by atoms with Crippen LogP contribution in [-0.4, -0.2) is 38.9 Å². The van der Waals surface area contributed by atoms with Gasteiger partial charge in [-0.05, 0) is 54.5 Å². The van der Waals surface area contributed by atoms with Gasteiger partial charge in [-0.1, -0.05) is 42.5 Å². The van der Waals surface area contributed by atoms with E-state index >= 15 is 0 Å². The molecule has 0 bridgehead atoms. The maximum Gasteiger partial charge on any atom is 0.262 e. The zero-order chi connectivity index (χ0) is 24.3. The van der Waals surface area contributed by atoms with Gasteiger partial charge in [-0.3, -0.25) is 0 Å². The van der Waals surface area contributed by atoms with Gasteiger partial charge in [0.05, 0.1) is 36.2 Å². The summed E-state index contributed by atoms with van der Waals surface area (Å²) in [4.78, 5) is 16.1. The van der Waals surface area contributed by atoms with Crippen molar-refractivity contribution in [2.45, 2.75) is 50.1 Å². The molecule has 4 heterocycles. The Morgan fingerprint density at radius 1 is 0.861 bits per heavy atom. The van der Waals surface area contributed by atoms with Crippen LogP contribution in [0, 0.1) is 0 Å². The molecule has 2 aliphatic heterocycles. The summed E-state index contributed by atoms with van der Waals surface area (Å²) in [6.07, 6.45) is 5.75. The minimum atomic E-state index is -2.67. The number of imidazole rings is 2. The molecule has 7 rings (SSSR count). The Morgan fingerprint density at radius 2 is 1.69 bits per heavy atom. The maximum absolute atomic E-state index is 13.7. The van der Waals surface area contributed by atoms with Crippen LogP contribution in [-0.2, 0) is 12.8 Å². The Labute approximate surface area is 208 Å². The lowest BCUT2D eigenvalue weighted by Crippen LogP contribution is -2.19. The van der Waals surface area contributed by atoms with E-state index in [1.54, 1.807) is 0 Å². The van der Waals surface area contributed by atoms with Crippen molar-refractivity contribution < 1.29 is 8.78 Å². The van der Waals surface area contributed by atoms with E-state index in [0.717, 1.165) is 71.0 Å². The molecule has 2 aromatic heterocycles. The van der Waals surface area contributed by atoms with E-state index in [1.807, 2.05) is 6.20 Å². The predicted octanol–water partition coefficient (Wildman–Crippen LogP) is 5.33. The Bertz CT molecular complexity index is 1410. The molecular weight excluding hydrogens is 458 g/mol. The molecular formula is C28H28F2N6. The number of nitrogens with zero attached hydrogens (tertiary/aromatic N) is 2. The summed E-state index contributed by atoms with van der Waals surface area (Å²) in [6, 6.07) is 15.0. The zero-order valence-electron chi connectivity index (χ0n) is 19.9. The summed E-state index contributed by atoms with van der Waals surface area (Å²) in [5, 5.41) is 6.39. The number of rotatable bonds is 4. The number of aromatic amines is 2. The monoisotopic (exact) mass is 486 g/mol. The fourth-order valence-corrected chi connectivity index (χ4v) is 5.80. The van der Waals surface area contributed by atoms with Crippen LogP contribution in [0.15, 0.2) is 48.7 Å². The lowest BCUT2D eigenvalue weighted by atomic mass is 9.89. The van der Waals surface area contributed by atoms with E-state index in [-0.39, 0.29) is 13.0 Å². The fraction of sp³-hybridized carbons (Fsp3) is 0.357. The van der Waals surface area contributed by atoms with Gasteiger partial charge in [0.2, 0.25) is 0 Å². The lowest BCUT2D eigenvalue weighted by Gasteiger charge is -2.16. The number of hydrogen-bond donors (Lipinski definition) is 4. The molecule has 0 saturated carbocycles. The largest absolute Gasteiger partial charge is 0.344 e. The normalized spacial score (nSPS) is 22.5. The summed E-state index contributed by atoms with van der Waals surface area (Å²) in [5.41, 5.74) is 8.75. The van der Waals surface area contributed by atoms with E-state index < -0.39 is 12.0 Å². The topological polar surface area (TPSA) is 81.4 Å². The van der Waals surface area contributed by atoms with Crippen LogP contribution in [0.4, 0.5) is 8.78 Å². The van der Waals surface area contributed by atoms with Crippen LogP contribution in [0.5, 0.6) is 0 Å². The number of alkyl halides is 2. The molecule has 2 unspecified atom stereocenters. The van der Waals surface area contributed by atoms with E-state index in [0.29, 0.717) is 11.9 Å². The molecule has 0 spiro atoms. The molecule has 3 aliphatic rings. The Balaban J connectivity index is 1.12. The average Bonchev–Trinajstić information content (AvgIpc) is 3.69. The molecule has 0 amide bonds. The van der Waals surface area contributed by atoms with E-state index in [4.69, 9.17) is 4.98 Å². The highest BCUT2D eigenvalue weighted by Crippen LogP contribution is 2.38. The second kappa shape index (κ2) is 8.35. The number of fused-ring (bicyclic) bond motifs is 3. The molecule has 184 valence electrons. The third kappa shape index (κ3) is 3.85. The van der Waals surface area contributed by atoms with Crippen LogP contribution < -0.4 is 10.6 Å². The minimum absolute atomic E-state index is 0.210. The van der Waals surface area contributed by atoms with Crippen LogP contribution in [0.1, 0.15) is 54.3 Å². The van der Waals surface area contributed by atoms with Crippen LogP contribution in [0.2, 0.25) is 0 Å². The number of hydrogen-bond acceptors (Lipinski definition) is 4. The smallest absolute Gasteiger partial charge is 0.262 e. The lowest BCUT2D eigenvalue weighted by molar-refractivity contribution is 0.0208. The number of benzene rings is 2. The van der Waals surface area contributed by atoms with Crippen molar-refractivity contribution >= 4 is 0 Å². The van der Waals surface area contributed by atoms with Gasteiger partial charge in [0, 0.05) is 17.7 Å². The SMILES string of the molecule is FC1(F)CNC(c2nc3c([nH]2)CCc2cc(-c4ccc(-c5cnc(C6CCCN6)[nH]5)cc4)ccc2-3)C1. The Morgan fingerprint density at radius 3 is 2.47 bits per heavy atom. The molecule has 2 saturated heterocycles. The van der Waals surface area contributed by atoms with Gasteiger partial charge in [0.15, 0.2) is 0 Å². The van der Waals surface area contributed by atoms with Crippen LogP contribution >= 0.6 is 0 Å². The van der Waals surface area contributed by atoms with Gasteiger partial charge in [0.1, 0.15) is 11.6 Å². The van der Waals surface area contributed by atoms with Gasteiger partial charge < -0.3 is 20.6 Å². The number of aromatic nitrogens is 4. The van der Waals surface area contributed by atoms with Crippen molar-refractivity contribution in [3.8, 4) is 33.6 Å². The Kier molecular flexibility index (Phi) is 5.08. The third-order valence-electron chi connectivity index (χ3n) is 7.76. The van der Waals surface area contributed by atoms with Crippen LogP contribution in [0.25, 0.3) is 33.6 Å². The van der Waals surface area contributed by atoms with Crippen molar-refractivity contribution in [1.82, 2.24) is 30.6 Å². The van der Waals surface area contributed by atoms with Crippen LogP contribution in [0.3, 0.4) is 0 Å². The van der Waals surface area contributed by atoms with E-state index in [9.17, 15) is 8.78 Å². The third-order valence-corrected chi connectivity index (χ3v) is 7.76. The number of H-pyrrole nitrogens is 2. The summed E-state index contributed by atoms with van der Waals surface area (Å²) < 4.78 is 27.4. The highest BCUT2D eigenvalue weighted by atomic mass is 19.3. The predicted molar refractivity (Wildman–Crippen MR) is 135 cm³/mol. The molecule has 2 aromatic carbocycles. The Hall–Kier alpha value is -3.36. The highest BCUT2D eigenvalue weighted by Gasteiger charge is 2.41. The van der Waals surface area contributed by atoms with Crippen molar-refractivity contribution in [1.29, 1.82) is 0 Å². The standard InChI is InChI=1S/C28H28F2N6/c29-28(30)13-23(33-15-28)27-34-21-10-8-19-12-18(7-9-20(19)25(21)36-27)16-3-5-17(6-4-16)24-14-32-26(35-24)22-2-1-11-31-22/h3-7,9,12,14,22-23,31,33H,1-2,8,10-11,13,15H2,(H,32,35)(H,34,36). The second-order valence-corrected chi connectivity index (χ2v) is 10.2. The first kappa shape index (κ1) is 21.9. The summed E-state index contributed by atoms with van der Waals surface area (Å²) in [5.74, 6) is -1.04. The van der Waals surface area contributed by atoms with Crippen molar-refractivity contribution in [2.75, 3.05) is 13.1 Å². The minimum Gasteiger partial charge on any atom is -0.344 e. The van der Waals surface area contributed by atoms with Crippen molar-refractivity contribution in [2.24, 2.45) is 0 Å². The molecule has 4 N–H and O–H groups in total. The van der Waals surface area contributed by atoms with Crippen molar-refractivity contribution in [3.05, 3.63) is 71.6 Å². The molecule has 1 aliphatic carbocycles. The fourth-order valence-electron chi connectivity index (χ4n) is 5.80. The first-order valence-electron chi connectivity index (χ1n) is 12.7. The number of nitrogens with one attached hydrogen (secondary N) is 4. The summed E-state index contributed by atoms with van der Waals surface area (Å²) >= 11 is 0. The first-order valence-corrected chi connectivity index (χ1v) is 12.7.